The highest BCUT2D eigenvalue weighted by molar-refractivity contribution is 5.38. The lowest BCUT2D eigenvalue weighted by atomic mass is 10.0. The molecule has 0 fully saturated rings. The summed E-state index contributed by atoms with van der Waals surface area (Å²) in [6, 6.07) is 1.90. The lowest BCUT2D eigenvalue weighted by Crippen LogP contribution is -2.13. The van der Waals surface area contributed by atoms with Crippen LogP contribution in [0.3, 0.4) is 0 Å². The van der Waals surface area contributed by atoms with E-state index < -0.39 is 0 Å². The van der Waals surface area contributed by atoms with Crippen LogP contribution in [0.1, 0.15) is 59.2 Å². The first-order chi connectivity index (χ1) is 9.73. The first kappa shape index (κ1) is 16.7. The van der Waals surface area contributed by atoms with Gasteiger partial charge in [0.1, 0.15) is 11.6 Å². The van der Waals surface area contributed by atoms with Crippen molar-refractivity contribution in [2.24, 2.45) is 5.92 Å². The maximum atomic E-state index is 5.89. The second kappa shape index (κ2) is 9.56. The van der Waals surface area contributed by atoms with E-state index in [1.165, 1.54) is 19.3 Å². The van der Waals surface area contributed by atoms with Crippen LogP contribution in [0.5, 0.6) is 5.88 Å². The van der Waals surface area contributed by atoms with Gasteiger partial charge in [-0.2, -0.15) is 4.98 Å². The van der Waals surface area contributed by atoms with E-state index in [0.29, 0.717) is 11.8 Å². The summed E-state index contributed by atoms with van der Waals surface area (Å²) in [6.07, 6.45) is 5.73. The molecule has 1 aromatic rings. The van der Waals surface area contributed by atoms with Crippen molar-refractivity contribution in [3.63, 3.8) is 0 Å². The summed E-state index contributed by atoms with van der Waals surface area (Å²) in [5.74, 6) is 3.01. The van der Waals surface area contributed by atoms with Gasteiger partial charge in [-0.1, -0.05) is 40.0 Å². The topological polar surface area (TPSA) is 47.0 Å². The van der Waals surface area contributed by atoms with Gasteiger partial charge >= 0.3 is 0 Å². The highest BCUT2D eigenvalue weighted by Crippen LogP contribution is 2.18. The molecule has 1 atom stereocenters. The van der Waals surface area contributed by atoms with Crippen molar-refractivity contribution in [3.8, 4) is 5.88 Å². The van der Waals surface area contributed by atoms with Gasteiger partial charge in [0, 0.05) is 19.0 Å². The number of unbranched alkanes of at least 4 members (excludes halogenated alkanes) is 1. The summed E-state index contributed by atoms with van der Waals surface area (Å²) in [4.78, 5) is 8.88. The molecule has 20 heavy (non-hydrogen) atoms. The van der Waals surface area contributed by atoms with E-state index in [-0.39, 0.29) is 0 Å². The molecule has 0 saturated heterocycles. The maximum absolute atomic E-state index is 5.89. The van der Waals surface area contributed by atoms with Gasteiger partial charge in [-0.15, -0.1) is 0 Å². The van der Waals surface area contributed by atoms with Gasteiger partial charge in [0.15, 0.2) is 0 Å². The molecule has 1 N–H and O–H groups in total. The Bertz CT molecular complexity index is 382. The molecular weight excluding hydrogens is 250 g/mol. The second-order valence-corrected chi connectivity index (χ2v) is 5.12. The average Bonchev–Trinajstić information content (AvgIpc) is 2.47. The Morgan fingerprint density at radius 2 is 2.00 bits per heavy atom. The van der Waals surface area contributed by atoms with Crippen LogP contribution in [0.25, 0.3) is 0 Å². The summed E-state index contributed by atoms with van der Waals surface area (Å²) in [6.45, 7) is 10.2. The zero-order valence-corrected chi connectivity index (χ0v) is 13.4. The Labute approximate surface area is 123 Å². The van der Waals surface area contributed by atoms with E-state index in [0.717, 1.165) is 37.6 Å². The number of ether oxygens (including phenoxy) is 1. The van der Waals surface area contributed by atoms with Crippen LogP contribution in [0, 0.1) is 5.92 Å². The Morgan fingerprint density at radius 1 is 1.20 bits per heavy atom. The number of aromatic nitrogens is 2. The molecule has 0 aliphatic heterocycles. The van der Waals surface area contributed by atoms with E-state index in [2.05, 4.69) is 43.0 Å². The smallest absolute Gasteiger partial charge is 0.218 e. The Morgan fingerprint density at radius 3 is 2.60 bits per heavy atom. The zero-order valence-electron chi connectivity index (χ0n) is 13.4. The summed E-state index contributed by atoms with van der Waals surface area (Å²) in [5.41, 5.74) is 0. The maximum Gasteiger partial charge on any atom is 0.218 e. The van der Waals surface area contributed by atoms with Crippen LogP contribution in [0.2, 0.25) is 0 Å². The summed E-state index contributed by atoms with van der Waals surface area (Å²) in [7, 11) is 0. The molecule has 4 heteroatoms. The van der Waals surface area contributed by atoms with Crippen molar-refractivity contribution < 1.29 is 4.74 Å². The SMILES string of the molecule is CCCCC(CC)COc1cc(NCC)nc(CC)n1. The van der Waals surface area contributed by atoms with Crippen LogP contribution in [0.15, 0.2) is 6.07 Å². The third kappa shape index (κ3) is 5.76. The number of aryl methyl sites for hydroxylation is 1. The van der Waals surface area contributed by atoms with Crippen LogP contribution in [0.4, 0.5) is 5.82 Å². The average molecular weight is 279 g/mol. The Kier molecular flexibility index (Phi) is 8.00. The van der Waals surface area contributed by atoms with Crippen molar-refractivity contribution >= 4 is 5.82 Å². The number of rotatable bonds is 10. The highest BCUT2D eigenvalue weighted by atomic mass is 16.5. The largest absolute Gasteiger partial charge is 0.477 e. The number of nitrogens with one attached hydrogen (secondary N) is 1. The van der Waals surface area contributed by atoms with Crippen LogP contribution < -0.4 is 10.1 Å². The zero-order chi connectivity index (χ0) is 14.8. The fraction of sp³-hybridized carbons (Fsp3) is 0.750. The predicted molar refractivity (Wildman–Crippen MR) is 84.4 cm³/mol. The van der Waals surface area contributed by atoms with Crippen molar-refractivity contribution in [1.29, 1.82) is 0 Å². The molecule has 1 aromatic heterocycles. The minimum atomic E-state index is 0.623. The second-order valence-electron chi connectivity index (χ2n) is 5.12. The number of hydrogen-bond acceptors (Lipinski definition) is 4. The summed E-state index contributed by atoms with van der Waals surface area (Å²) >= 11 is 0. The third-order valence-electron chi connectivity index (χ3n) is 3.43. The van der Waals surface area contributed by atoms with Gasteiger partial charge in [-0.25, -0.2) is 4.98 Å². The minimum absolute atomic E-state index is 0.623. The van der Waals surface area contributed by atoms with E-state index in [4.69, 9.17) is 4.74 Å². The Balaban J connectivity index is 2.63. The highest BCUT2D eigenvalue weighted by Gasteiger charge is 2.09. The molecule has 0 radical (unpaired) electrons. The monoisotopic (exact) mass is 279 g/mol. The van der Waals surface area contributed by atoms with Gasteiger partial charge in [0.05, 0.1) is 6.61 Å². The minimum Gasteiger partial charge on any atom is -0.477 e. The van der Waals surface area contributed by atoms with Gasteiger partial charge in [0.25, 0.3) is 0 Å². The molecule has 0 spiro atoms. The predicted octanol–water partition coefficient (Wildman–Crippen LogP) is 4.07. The van der Waals surface area contributed by atoms with Gasteiger partial charge in [0.2, 0.25) is 5.88 Å². The lowest BCUT2D eigenvalue weighted by molar-refractivity contribution is 0.225. The van der Waals surface area contributed by atoms with Gasteiger partial charge < -0.3 is 10.1 Å². The van der Waals surface area contributed by atoms with Crippen molar-refractivity contribution in [3.05, 3.63) is 11.9 Å². The molecule has 0 saturated carbocycles. The van der Waals surface area contributed by atoms with Crippen molar-refractivity contribution in [2.75, 3.05) is 18.5 Å². The van der Waals surface area contributed by atoms with E-state index in [1.807, 2.05) is 6.07 Å². The lowest BCUT2D eigenvalue weighted by Gasteiger charge is -2.16. The molecule has 0 aliphatic carbocycles. The number of anilines is 1. The van der Waals surface area contributed by atoms with Gasteiger partial charge in [-0.05, 0) is 19.3 Å². The van der Waals surface area contributed by atoms with E-state index in [1.54, 1.807) is 0 Å². The fourth-order valence-corrected chi connectivity index (χ4v) is 2.08. The quantitative estimate of drug-likeness (QED) is 0.701. The number of nitrogens with zero attached hydrogens (tertiary/aromatic N) is 2. The molecule has 1 rings (SSSR count). The summed E-state index contributed by atoms with van der Waals surface area (Å²) < 4.78 is 5.89. The Hall–Kier alpha value is -1.32. The molecule has 0 amide bonds. The molecule has 1 heterocycles. The van der Waals surface area contributed by atoms with Crippen molar-refractivity contribution in [2.45, 2.75) is 59.8 Å². The molecule has 4 nitrogen and oxygen atoms in total. The normalized spacial score (nSPS) is 12.2. The standard InChI is InChI=1S/C16H29N3O/c1-5-9-10-13(6-2)12-20-16-11-15(17-8-4)18-14(7-3)19-16/h11,13H,5-10,12H2,1-4H3,(H,17,18,19). The van der Waals surface area contributed by atoms with Crippen LogP contribution >= 0.6 is 0 Å². The summed E-state index contributed by atoms with van der Waals surface area (Å²) in [5, 5.41) is 3.23. The van der Waals surface area contributed by atoms with E-state index >= 15 is 0 Å². The molecule has 1 unspecified atom stereocenters. The van der Waals surface area contributed by atoms with E-state index in [9.17, 15) is 0 Å². The fourth-order valence-electron chi connectivity index (χ4n) is 2.08. The van der Waals surface area contributed by atoms with Gasteiger partial charge in [-0.3, -0.25) is 0 Å². The molecule has 0 bridgehead atoms. The van der Waals surface area contributed by atoms with Crippen molar-refractivity contribution in [1.82, 2.24) is 9.97 Å². The first-order valence-corrected chi connectivity index (χ1v) is 7.97. The van der Waals surface area contributed by atoms with Crippen LogP contribution in [-0.2, 0) is 6.42 Å². The number of hydrogen-bond donors (Lipinski definition) is 1. The molecule has 0 aliphatic rings. The van der Waals surface area contributed by atoms with Crippen LogP contribution in [-0.4, -0.2) is 23.1 Å². The first-order valence-electron chi connectivity index (χ1n) is 7.97. The molecule has 0 aromatic carbocycles. The molecule has 114 valence electrons. The molecular formula is C16H29N3O. The third-order valence-corrected chi connectivity index (χ3v) is 3.43.